The van der Waals surface area contributed by atoms with E-state index in [1.165, 1.54) is 116 Å². The van der Waals surface area contributed by atoms with E-state index < -0.39 is 0 Å². The van der Waals surface area contributed by atoms with Crippen LogP contribution in [0.4, 0.5) is 0 Å². The first-order valence-corrected chi connectivity index (χ1v) is 51.0. The minimum absolute atomic E-state index is 0.570. The van der Waals surface area contributed by atoms with Crippen LogP contribution in [-0.4, -0.2) is 58.6 Å². The van der Waals surface area contributed by atoms with Gasteiger partial charge in [0.2, 0.25) is 17.8 Å². The van der Waals surface area contributed by atoms with Gasteiger partial charge < -0.3 is 13.3 Å². The van der Waals surface area contributed by atoms with E-state index in [0.717, 1.165) is 143 Å². The third kappa shape index (κ3) is 13.1. The fraction of sp³-hybridized carbons (Fsp3) is 0. The van der Waals surface area contributed by atoms with Crippen molar-refractivity contribution in [3.63, 3.8) is 0 Å². The Morgan fingerprint density at radius 2 is 0.439 bits per heavy atom. The smallest absolute Gasteiger partial charge is 0.238 e. The van der Waals surface area contributed by atoms with Crippen LogP contribution in [0.15, 0.2) is 462 Å². The maximum atomic E-state index is 6.49. The van der Waals surface area contributed by atoms with Gasteiger partial charge in [-0.25, -0.2) is 15.0 Å². The summed E-state index contributed by atoms with van der Waals surface area (Å²) >= 11 is 3.69. The summed E-state index contributed by atoms with van der Waals surface area (Å²) in [7, 11) is 0. The summed E-state index contributed by atoms with van der Waals surface area (Å²) in [4.78, 5) is 46.4. The average molecular weight is 1930 g/mol. The second-order valence-corrected chi connectivity index (χ2v) is 39.7. The van der Waals surface area contributed by atoms with E-state index in [2.05, 4.69) is 372 Å². The quantitative estimate of drug-likeness (QED) is 0.134. The van der Waals surface area contributed by atoms with Crippen molar-refractivity contribution in [1.82, 2.24) is 58.6 Å². The molecule has 148 heavy (non-hydrogen) atoms. The molecule has 688 valence electrons. The maximum absolute atomic E-state index is 6.49. The summed E-state index contributed by atoms with van der Waals surface area (Å²) < 4.78 is 30.9. The van der Waals surface area contributed by atoms with Crippen molar-refractivity contribution in [2.24, 2.45) is 0 Å². The van der Waals surface area contributed by atoms with Crippen LogP contribution in [-0.2, 0) is 0 Å². The number of hydrogen-bond acceptors (Lipinski definition) is 14. The highest BCUT2D eigenvalue weighted by atomic mass is 32.1. The fourth-order valence-electron chi connectivity index (χ4n) is 22.7. The summed E-state index contributed by atoms with van der Waals surface area (Å²) in [5, 5.41) is 30.7. The minimum Gasteiger partial charge on any atom is -0.456 e. The number of nitrogens with zero attached hydrogens (tertiary/aromatic N) is 12. The average Bonchev–Trinajstić information content (AvgIpc) is 1.54. The van der Waals surface area contributed by atoms with E-state index in [9.17, 15) is 0 Å². The van der Waals surface area contributed by atoms with E-state index in [0.29, 0.717) is 52.8 Å². The maximum Gasteiger partial charge on any atom is 0.238 e. The van der Waals surface area contributed by atoms with Gasteiger partial charge in [0.25, 0.3) is 0 Å². The number of aromatic nitrogens is 12. The van der Waals surface area contributed by atoms with Crippen molar-refractivity contribution in [2.45, 2.75) is 0 Å². The van der Waals surface area contributed by atoms with Crippen LogP contribution >= 0.6 is 22.7 Å². The molecule has 0 aliphatic rings. The molecule has 33 aromatic rings. The summed E-state index contributed by atoms with van der Waals surface area (Å²) in [6.07, 6.45) is 0. The van der Waals surface area contributed by atoms with Crippen LogP contribution in [0.2, 0.25) is 0 Å². The number of benzene rings is 22. The lowest BCUT2D eigenvalue weighted by atomic mass is 10.0. The lowest BCUT2D eigenvalue weighted by Gasteiger charge is -2.11. The molecule has 0 aliphatic heterocycles. The van der Waals surface area contributed by atoms with E-state index in [4.69, 9.17) is 58.1 Å². The lowest BCUT2D eigenvalue weighted by Crippen LogP contribution is -2.06. The zero-order valence-electron chi connectivity index (χ0n) is 78.6. The van der Waals surface area contributed by atoms with Crippen LogP contribution < -0.4 is 0 Å². The number of furan rings is 3. The molecule has 0 aliphatic carbocycles. The topological polar surface area (TPSA) is 170 Å². The predicted octanol–water partition coefficient (Wildman–Crippen LogP) is 35.1. The van der Waals surface area contributed by atoms with Crippen molar-refractivity contribution >= 4 is 248 Å². The molecule has 0 spiro atoms. The molecule has 11 heterocycles. The molecule has 0 fully saturated rings. The van der Waals surface area contributed by atoms with Crippen LogP contribution in [0.5, 0.6) is 0 Å². The van der Waals surface area contributed by atoms with E-state index in [1.807, 2.05) is 114 Å². The highest BCUT2D eigenvalue weighted by Crippen LogP contribution is 2.50. The van der Waals surface area contributed by atoms with Gasteiger partial charge in [-0.15, -0.1) is 22.7 Å². The molecule has 0 atom stereocenters. The number of thiophene rings is 2. The van der Waals surface area contributed by atoms with E-state index in [-0.39, 0.29) is 0 Å². The Morgan fingerprint density at radius 1 is 0.155 bits per heavy atom. The van der Waals surface area contributed by atoms with Crippen LogP contribution in [0, 0.1) is 0 Å². The van der Waals surface area contributed by atoms with Gasteiger partial charge in [-0.3, -0.25) is 13.7 Å². The zero-order valence-corrected chi connectivity index (χ0v) is 80.3. The predicted molar refractivity (Wildman–Crippen MR) is 610 cm³/mol. The Balaban J connectivity index is 0.000000101. The first-order chi connectivity index (χ1) is 73.3. The van der Waals surface area contributed by atoms with E-state index >= 15 is 0 Å². The van der Waals surface area contributed by atoms with Gasteiger partial charge >= 0.3 is 0 Å². The molecule has 0 amide bonds. The molecule has 0 unspecified atom stereocenters. The first-order valence-electron chi connectivity index (χ1n) is 49.3. The Hall–Kier alpha value is -19.6. The van der Waals surface area contributed by atoms with Crippen molar-refractivity contribution in [3.8, 4) is 86.2 Å². The van der Waals surface area contributed by atoms with Gasteiger partial charge in [0.1, 0.15) is 33.5 Å². The van der Waals surface area contributed by atoms with Gasteiger partial charge in [0.15, 0.2) is 34.9 Å². The third-order valence-corrected chi connectivity index (χ3v) is 31.7. The molecule has 0 saturated heterocycles. The Labute approximate surface area is 848 Å². The number of hydrogen-bond donors (Lipinski definition) is 0. The normalized spacial score (nSPS) is 12.1. The summed E-state index contributed by atoms with van der Waals surface area (Å²) in [6.45, 7) is 0. The molecule has 0 bridgehead atoms. The molecule has 17 heteroatoms. The van der Waals surface area contributed by atoms with Gasteiger partial charge in [-0.2, -0.15) is 29.9 Å². The van der Waals surface area contributed by atoms with Crippen LogP contribution in [0.25, 0.3) is 312 Å². The fourth-order valence-corrected chi connectivity index (χ4v) is 25.2. The molecule has 15 nitrogen and oxygen atoms in total. The SMILES string of the molecule is c1ccc(-c2nc(-c3ccc4c(c3)oc3ccc5ccccc5c34)nc(-n3c4ccc5ccccc5c4c4c5sc6ccccc6c5ccc43)n2)cc1.c1ccc(-c2nc(-c3ccc4c(c3)oc3ccc5ccccc5c34)nc(-n3c4ccccc4c4c5sc6ccccc6c5ccc43)n2)cc1.c1ccc(-c2nc(-c3ccc4oc5ccc6ccccc6c5c4c3)nc(-n3c4ccccc4c4c5ccccc5ccc43)n2)cc1. The van der Waals surface area contributed by atoms with Crippen molar-refractivity contribution in [1.29, 1.82) is 0 Å². The largest absolute Gasteiger partial charge is 0.456 e. The van der Waals surface area contributed by atoms with Gasteiger partial charge in [-0.05, 0) is 163 Å². The van der Waals surface area contributed by atoms with Gasteiger partial charge in [0.05, 0.1) is 33.1 Å². The second kappa shape index (κ2) is 33.0. The summed E-state index contributed by atoms with van der Waals surface area (Å²) in [5.41, 5.74) is 16.8. The number of fused-ring (bicyclic) bond motifs is 36. The Kier molecular flexibility index (Phi) is 18.5. The Morgan fingerprint density at radius 3 is 0.878 bits per heavy atom. The second-order valence-electron chi connectivity index (χ2n) is 37.6. The highest BCUT2D eigenvalue weighted by molar-refractivity contribution is 7.27. The monoisotopic (exact) mass is 1930 g/mol. The van der Waals surface area contributed by atoms with Gasteiger partial charge in [0, 0.05) is 138 Å². The molecule has 11 aromatic heterocycles. The van der Waals surface area contributed by atoms with Crippen molar-refractivity contribution in [3.05, 3.63) is 449 Å². The van der Waals surface area contributed by atoms with E-state index in [1.54, 1.807) is 0 Å². The summed E-state index contributed by atoms with van der Waals surface area (Å²) in [5.74, 6) is 5.34. The molecule has 22 aromatic carbocycles. The first kappa shape index (κ1) is 83.1. The van der Waals surface area contributed by atoms with Gasteiger partial charge in [-0.1, -0.05) is 340 Å². The van der Waals surface area contributed by atoms with Crippen LogP contribution in [0.3, 0.4) is 0 Å². The molecule has 0 N–H and O–H groups in total. The number of rotatable bonds is 9. The minimum atomic E-state index is 0.570. The van der Waals surface area contributed by atoms with Crippen LogP contribution in [0.1, 0.15) is 0 Å². The summed E-state index contributed by atoms with van der Waals surface area (Å²) in [6, 6.07) is 156. The standard InChI is InChI=1S/C47H26N4OS.C43H24N4OS.C41H24N4O/c1-2-12-29(13-3-1)45-48-46(30-18-21-35-39(26-30)52-38-25-20-28-11-4-6-14-31(28)41(35)38)50-47(49-45)51-36-23-19-27-10-5-7-15-32(27)42(36)43-37(51)24-22-34-33-16-8-9-17-40(33)53-44(34)43;1-2-11-26(12-3-1)41-44-42(27-18-20-32-36(24-27)48-35-23-19-25-10-4-5-13-28(25)38(32)35)46-43(45-41)47-33-16-8-6-15-31(33)39-34(47)22-21-30-29-14-7-9-17-37(29)49-40(30)39;1-2-12-27(13-3-1)39-42-40(28-20-22-35-32(24-28)38-30-15-7-5-11-26(30)19-23-36(38)46-35)44-41(43-39)45-33-17-9-8-16-31(33)37-29-14-6-4-10-25(29)18-21-34(37)45/h1-26H;1-24H;1-24H. The molecular formula is C131H74N12O3S2. The Bertz CT molecular complexity index is 11400. The zero-order chi connectivity index (χ0) is 96.9. The van der Waals surface area contributed by atoms with Crippen molar-refractivity contribution in [2.75, 3.05) is 0 Å². The van der Waals surface area contributed by atoms with Crippen molar-refractivity contribution < 1.29 is 13.3 Å². The number of para-hydroxylation sites is 2. The molecule has 0 radical (unpaired) electrons. The lowest BCUT2D eigenvalue weighted by molar-refractivity contribution is 0.669. The molecule has 33 rings (SSSR count). The third-order valence-electron chi connectivity index (χ3n) is 29.3. The highest BCUT2D eigenvalue weighted by Gasteiger charge is 2.29. The molecular weight excluding hydrogens is 1850 g/mol. The molecule has 0 saturated carbocycles.